The van der Waals surface area contributed by atoms with Crippen molar-refractivity contribution in [3.63, 3.8) is 0 Å². The van der Waals surface area contributed by atoms with Crippen molar-refractivity contribution in [2.24, 2.45) is 0 Å². The lowest BCUT2D eigenvalue weighted by molar-refractivity contribution is -0.139. The molecule has 192 valence electrons. The Labute approximate surface area is 224 Å². The summed E-state index contributed by atoms with van der Waals surface area (Å²) in [5.41, 5.74) is 4.33. The second-order valence-electron chi connectivity index (χ2n) is 8.95. The van der Waals surface area contributed by atoms with Crippen LogP contribution in [0.25, 0.3) is 5.65 Å². The molecule has 0 aliphatic rings. The minimum Gasteiger partial charge on any atom is -0.508 e. The van der Waals surface area contributed by atoms with E-state index in [0.29, 0.717) is 23.3 Å². The molecule has 0 bridgehead atoms. The molecule has 0 spiro atoms. The number of phenols is 1. The van der Waals surface area contributed by atoms with E-state index >= 15 is 0 Å². The van der Waals surface area contributed by atoms with Crippen LogP contribution in [0.3, 0.4) is 0 Å². The summed E-state index contributed by atoms with van der Waals surface area (Å²) < 4.78 is 1.44. The van der Waals surface area contributed by atoms with E-state index in [-0.39, 0.29) is 17.9 Å². The van der Waals surface area contributed by atoms with E-state index in [1.807, 2.05) is 60.7 Å². The Bertz CT molecular complexity index is 1700. The molecule has 3 aromatic carbocycles. The zero-order chi connectivity index (χ0) is 27.2. The van der Waals surface area contributed by atoms with Crippen LogP contribution >= 0.6 is 0 Å². The average molecular weight is 517 g/mol. The summed E-state index contributed by atoms with van der Waals surface area (Å²) in [6.45, 7) is 0. The van der Waals surface area contributed by atoms with Crippen molar-refractivity contribution >= 4 is 17.5 Å². The van der Waals surface area contributed by atoms with Gasteiger partial charge in [-0.2, -0.15) is 5.10 Å². The Hall–Kier alpha value is -5.42. The quantitative estimate of drug-likeness (QED) is 0.283. The average Bonchev–Trinajstić information content (AvgIpc) is 3.38. The van der Waals surface area contributed by atoms with E-state index in [2.05, 4.69) is 27.2 Å². The van der Waals surface area contributed by atoms with E-state index in [4.69, 9.17) is 0 Å². The van der Waals surface area contributed by atoms with Gasteiger partial charge in [0.1, 0.15) is 23.2 Å². The number of carbonyl (C=O) groups is 2. The third-order valence-electron chi connectivity index (χ3n) is 6.12. The lowest BCUT2D eigenvalue weighted by Crippen LogP contribution is -2.42. The van der Waals surface area contributed by atoms with Crippen LogP contribution in [-0.4, -0.2) is 42.7 Å². The number of amides is 1. The predicted octanol–water partition coefficient (Wildman–Crippen LogP) is 3.85. The van der Waals surface area contributed by atoms with Gasteiger partial charge in [0, 0.05) is 12.0 Å². The van der Waals surface area contributed by atoms with Crippen LogP contribution in [0.2, 0.25) is 0 Å². The molecule has 39 heavy (non-hydrogen) atoms. The van der Waals surface area contributed by atoms with E-state index in [1.54, 1.807) is 24.3 Å². The second kappa shape index (κ2) is 11.3. The zero-order valence-corrected chi connectivity index (χ0v) is 20.8. The van der Waals surface area contributed by atoms with Crippen LogP contribution in [-0.2, 0) is 17.6 Å². The lowest BCUT2D eigenvalue weighted by atomic mass is 9.95. The third-order valence-corrected chi connectivity index (χ3v) is 6.12. The van der Waals surface area contributed by atoms with Crippen LogP contribution in [0.15, 0.2) is 97.2 Å². The van der Waals surface area contributed by atoms with E-state index in [1.165, 1.54) is 16.8 Å². The number of fused-ring (bicyclic) bond motifs is 1. The highest BCUT2D eigenvalue weighted by atomic mass is 16.4. The molecule has 1 atom stereocenters. The topological polar surface area (TPSA) is 117 Å². The molecule has 0 unspecified atom stereocenters. The number of aliphatic carboxylic acids is 1. The van der Waals surface area contributed by atoms with Crippen LogP contribution in [0.4, 0.5) is 0 Å². The van der Waals surface area contributed by atoms with Gasteiger partial charge < -0.3 is 15.5 Å². The monoisotopic (exact) mass is 516 g/mol. The first-order chi connectivity index (χ1) is 18.9. The second-order valence-corrected chi connectivity index (χ2v) is 8.95. The highest BCUT2D eigenvalue weighted by molar-refractivity contribution is 5.95. The SMILES string of the molecule is O=C(N[C@@H](Cc1ccc(O)cc1Cc1ccccc1)C(=O)O)c1cn2nc(C#Cc3ccccc3)ccc2n1. The standard InChI is InChI=1S/C31H24N4O4/c36-26-15-12-23(24(18-26)17-22-9-5-2-6-10-22)19-27(31(38)39)33-30(37)28-20-35-29(32-28)16-14-25(34-35)13-11-21-7-3-1-4-8-21/h1-10,12,14-16,18,20,27,36H,17,19H2,(H,33,37)(H,38,39)/t27-/m0/s1. The van der Waals surface area contributed by atoms with Gasteiger partial charge in [-0.3, -0.25) is 4.79 Å². The van der Waals surface area contributed by atoms with Gasteiger partial charge in [-0.25, -0.2) is 14.3 Å². The molecule has 0 fully saturated rings. The molecule has 0 aliphatic carbocycles. The van der Waals surface area contributed by atoms with Gasteiger partial charge in [0.15, 0.2) is 5.65 Å². The Morgan fingerprint density at radius 3 is 2.38 bits per heavy atom. The van der Waals surface area contributed by atoms with Crippen molar-refractivity contribution in [3.05, 3.63) is 131 Å². The summed E-state index contributed by atoms with van der Waals surface area (Å²) in [7, 11) is 0. The van der Waals surface area contributed by atoms with Gasteiger partial charge in [0.05, 0.1) is 6.20 Å². The van der Waals surface area contributed by atoms with Gasteiger partial charge in [-0.15, -0.1) is 0 Å². The number of nitrogens with zero attached hydrogens (tertiary/aromatic N) is 3. The van der Waals surface area contributed by atoms with Crippen LogP contribution < -0.4 is 5.32 Å². The van der Waals surface area contributed by atoms with Crippen molar-refractivity contribution in [2.45, 2.75) is 18.9 Å². The lowest BCUT2D eigenvalue weighted by Gasteiger charge is -2.17. The van der Waals surface area contributed by atoms with Gasteiger partial charge in [-0.1, -0.05) is 60.5 Å². The normalized spacial score (nSPS) is 11.4. The number of rotatable bonds is 7. The van der Waals surface area contributed by atoms with E-state index < -0.39 is 17.9 Å². The highest BCUT2D eigenvalue weighted by Gasteiger charge is 2.24. The molecule has 0 saturated heterocycles. The number of hydrogen-bond acceptors (Lipinski definition) is 5. The van der Waals surface area contributed by atoms with Crippen molar-refractivity contribution in [1.82, 2.24) is 19.9 Å². The number of hydrogen-bond donors (Lipinski definition) is 3. The van der Waals surface area contributed by atoms with Crippen molar-refractivity contribution in [2.75, 3.05) is 0 Å². The number of carboxylic acids is 1. The van der Waals surface area contributed by atoms with Crippen molar-refractivity contribution < 1.29 is 19.8 Å². The fraction of sp³-hybridized carbons (Fsp3) is 0.0968. The molecular formula is C31H24N4O4. The number of phenolic OH excluding ortho intramolecular Hbond substituents is 1. The third kappa shape index (κ3) is 6.29. The summed E-state index contributed by atoms with van der Waals surface area (Å²) in [6.07, 6.45) is 1.99. The first-order valence-corrected chi connectivity index (χ1v) is 12.3. The predicted molar refractivity (Wildman–Crippen MR) is 145 cm³/mol. The molecule has 1 amide bonds. The first kappa shape index (κ1) is 25.2. The number of carboxylic acid groups (broad SMARTS) is 1. The number of benzene rings is 3. The smallest absolute Gasteiger partial charge is 0.326 e. The Kier molecular flexibility index (Phi) is 7.32. The Morgan fingerprint density at radius 2 is 1.64 bits per heavy atom. The molecule has 8 nitrogen and oxygen atoms in total. The molecule has 8 heteroatoms. The maximum Gasteiger partial charge on any atom is 0.326 e. The Morgan fingerprint density at radius 1 is 0.897 bits per heavy atom. The fourth-order valence-corrected chi connectivity index (χ4v) is 4.16. The number of nitrogens with one attached hydrogen (secondary N) is 1. The van der Waals surface area contributed by atoms with E-state index in [0.717, 1.165) is 16.7 Å². The molecule has 2 heterocycles. The van der Waals surface area contributed by atoms with E-state index in [9.17, 15) is 19.8 Å². The molecule has 3 N–H and O–H groups in total. The van der Waals surface area contributed by atoms with Crippen LogP contribution in [0.5, 0.6) is 5.75 Å². The highest BCUT2D eigenvalue weighted by Crippen LogP contribution is 2.22. The summed E-state index contributed by atoms with van der Waals surface area (Å²) in [6, 6.07) is 26.2. The number of aromatic nitrogens is 3. The van der Waals surface area contributed by atoms with Gasteiger partial charge in [-0.05, 0) is 65.4 Å². The molecular weight excluding hydrogens is 492 g/mol. The van der Waals surface area contributed by atoms with Crippen molar-refractivity contribution in [3.8, 4) is 17.6 Å². The van der Waals surface area contributed by atoms with Crippen molar-refractivity contribution in [1.29, 1.82) is 0 Å². The summed E-state index contributed by atoms with van der Waals surface area (Å²) in [5, 5.41) is 26.9. The molecule has 2 aromatic heterocycles. The number of aromatic hydroxyl groups is 1. The summed E-state index contributed by atoms with van der Waals surface area (Å²) in [4.78, 5) is 29.4. The maximum absolute atomic E-state index is 13.0. The minimum atomic E-state index is -1.21. The minimum absolute atomic E-state index is 0.0361. The molecule has 5 rings (SSSR count). The van der Waals surface area contributed by atoms with Gasteiger partial charge in [0.2, 0.25) is 0 Å². The molecule has 0 saturated carbocycles. The molecule has 5 aromatic rings. The molecule has 0 aliphatic heterocycles. The van der Waals surface area contributed by atoms with Crippen LogP contribution in [0.1, 0.15) is 38.4 Å². The summed E-state index contributed by atoms with van der Waals surface area (Å²) >= 11 is 0. The molecule has 0 radical (unpaired) electrons. The largest absolute Gasteiger partial charge is 0.508 e. The van der Waals surface area contributed by atoms with Gasteiger partial charge >= 0.3 is 5.97 Å². The number of imidazole rings is 1. The maximum atomic E-state index is 13.0. The first-order valence-electron chi connectivity index (χ1n) is 12.3. The van der Waals surface area contributed by atoms with Gasteiger partial charge in [0.25, 0.3) is 5.91 Å². The zero-order valence-electron chi connectivity index (χ0n) is 20.8. The fourth-order valence-electron chi connectivity index (χ4n) is 4.16. The Balaban J connectivity index is 1.33. The van der Waals surface area contributed by atoms with Crippen LogP contribution in [0, 0.1) is 11.8 Å². The number of carbonyl (C=O) groups excluding carboxylic acids is 1. The summed E-state index contributed by atoms with van der Waals surface area (Å²) in [5.74, 6) is 4.30.